The number of amides is 1. The molecule has 1 rings (SSSR count). The number of carbonyl (C=O) groups excluding carboxylic acids is 1. The standard InChI is InChI=1S/C12H21NO3/c1-12(8-3-2-4-9-12)13-10(14)6-5-7-11(15)16/h2-9H2,1H3,(H,13,14)(H,15,16). The lowest BCUT2D eigenvalue weighted by Gasteiger charge is -2.34. The predicted molar refractivity (Wildman–Crippen MR) is 61.1 cm³/mol. The third-order valence-corrected chi connectivity index (χ3v) is 3.19. The normalized spacial score (nSPS) is 19.1. The minimum absolute atomic E-state index is 0.00866. The first kappa shape index (κ1) is 13.0. The summed E-state index contributed by atoms with van der Waals surface area (Å²) < 4.78 is 0. The van der Waals surface area contributed by atoms with E-state index in [-0.39, 0.29) is 17.9 Å². The Morgan fingerprint density at radius 3 is 2.38 bits per heavy atom. The van der Waals surface area contributed by atoms with Crippen molar-refractivity contribution in [1.29, 1.82) is 0 Å². The third-order valence-electron chi connectivity index (χ3n) is 3.19. The van der Waals surface area contributed by atoms with Crippen molar-refractivity contribution < 1.29 is 14.7 Å². The summed E-state index contributed by atoms with van der Waals surface area (Å²) in [6.07, 6.45) is 6.50. The van der Waals surface area contributed by atoms with Gasteiger partial charge in [0.2, 0.25) is 5.91 Å². The number of hydrogen-bond donors (Lipinski definition) is 2. The molecule has 0 bridgehead atoms. The van der Waals surface area contributed by atoms with E-state index < -0.39 is 5.97 Å². The summed E-state index contributed by atoms with van der Waals surface area (Å²) >= 11 is 0. The molecule has 4 heteroatoms. The van der Waals surface area contributed by atoms with Gasteiger partial charge in [0.05, 0.1) is 0 Å². The van der Waals surface area contributed by atoms with Gasteiger partial charge in [0.25, 0.3) is 0 Å². The molecule has 0 aromatic rings. The quantitative estimate of drug-likeness (QED) is 0.755. The van der Waals surface area contributed by atoms with Crippen LogP contribution in [0.3, 0.4) is 0 Å². The average molecular weight is 227 g/mol. The number of rotatable bonds is 5. The molecule has 0 saturated heterocycles. The van der Waals surface area contributed by atoms with Crippen LogP contribution in [0.15, 0.2) is 0 Å². The van der Waals surface area contributed by atoms with E-state index in [2.05, 4.69) is 12.2 Å². The van der Waals surface area contributed by atoms with Crippen LogP contribution in [0.2, 0.25) is 0 Å². The second-order valence-corrected chi connectivity index (χ2v) is 4.92. The SMILES string of the molecule is CC1(NC(=O)CCCC(=O)O)CCCCC1. The van der Waals surface area contributed by atoms with Crippen LogP contribution >= 0.6 is 0 Å². The van der Waals surface area contributed by atoms with Crippen LogP contribution in [-0.2, 0) is 9.59 Å². The molecule has 92 valence electrons. The Labute approximate surface area is 96.4 Å². The Bertz CT molecular complexity index is 257. The fourth-order valence-corrected chi connectivity index (χ4v) is 2.26. The van der Waals surface area contributed by atoms with Crippen LogP contribution in [0, 0.1) is 0 Å². The minimum Gasteiger partial charge on any atom is -0.481 e. The highest BCUT2D eigenvalue weighted by Crippen LogP contribution is 2.27. The van der Waals surface area contributed by atoms with Crippen LogP contribution in [0.5, 0.6) is 0 Å². The van der Waals surface area contributed by atoms with Crippen molar-refractivity contribution in [2.45, 2.75) is 63.8 Å². The molecule has 1 aliphatic carbocycles. The number of aliphatic carboxylic acids is 1. The van der Waals surface area contributed by atoms with Gasteiger partial charge in [-0.2, -0.15) is 0 Å². The summed E-state index contributed by atoms with van der Waals surface area (Å²) in [7, 11) is 0. The first-order chi connectivity index (χ1) is 7.52. The highest BCUT2D eigenvalue weighted by atomic mass is 16.4. The van der Waals surface area contributed by atoms with Gasteiger partial charge in [-0.25, -0.2) is 0 Å². The molecule has 1 aliphatic rings. The fourth-order valence-electron chi connectivity index (χ4n) is 2.26. The van der Waals surface area contributed by atoms with Gasteiger partial charge in [-0.05, 0) is 26.2 Å². The molecule has 0 unspecified atom stereocenters. The van der Waals surface area contributed by atoms with E-state index in [1.54, 1.807) is 0 Å². The van der Waals surface area contributed by atoms with Crippen molar-refractivity contribution >= 4 is 11.9 Å². The van der Waals surface area contributed by atoms with E-state index in [1.165, 1.54) is 19.3 Å². The largest absolute Gasteiger partial charge is 0.481 e. The Morgan fingerprint density at radius 1 is 1.19 bits per heavy atom. The lowest BCUT2D eigenvalue weighted by Crippen LogP contribution is -2.47. The Kier molecular flexibility index (Phi) is 4.77. The zero-order chi connectivity index (χ0) is 12.0. The minimum atomic E-state index is -0.836. The van der Waals surface area contributed by atoms with Gasteiger partial charge in [-0.3, -0.25) is 9.59 Å². The van der Waals surface area contributed by atoms with Gasteiger partial charge >= 0.3 is 5.97 Å². The van der Waals surface area contributed by atoms with Crippen molar-refractivity contribution in [2.24, 2.45) is 0 Å². The second kappa shape index (κ2) is 5.87. The van der Waals surface area contributed by atoms with E-state index in [0.29, 0.717) is 12.8 Å². The van der Waals surface area contributed by atoms with E-state index in [4.69, 9.17) is 5.11 Å². The first-order valence-electron chi connectivity index (χ1n) is 6.05. The number of hydrogen-bond acceptors (Lipinski definition) is 2. The van der Waals surface area contributed by atoms with Crippen LogP contribution in [0.25, 0.3) is 0 Å². The Hall–Kier alpha value is -1.06. The zero-order valence-electron chi connectivity index (χ0n) is 9.92. The number of carboxylic acid groups (broad SMARTS) is 1. The molecule has 2 N–H and O–H groups in total. The molecule has 0 aromatic heterocycles. The van der Waals surface area contributed by atoms with Gasteiger partial charge < -0.3 is 10.4 Å². The Morgan fingerprint density at radius 2 is 1.81 bits per heavy atom. The third kappa shape index (κ3) is 4.64. The summed E-state index contributed by atoms with van der Waals surface area (Å²) in [6.45, 7) is 2.08. The highest BCUT2D eigenvalue weighted by Gasteiger charge is 2.27. The fraction of sp³-hybridized carbons (Fsp3) is 0.833. The molecule has 1 amide bonds. The molecular weight excluding hydrogens is 206 g/mol. The molecule has 0 spiro atoms. The number of nitrogens with one attached hydrogen (secondary N) is 1. The molecule has 1 saturated carbocycles. The van der Waals surface area contributed by atoms with Crippen molar-refractivity contribution in [3.05, 3.63) is 0 Å². The smallest absolute Gasteiger partial charge is 0.303 e. The summed E-state index contributed by atoms with van der Waals surface area (Å²) in [4.78, 5) is 21.9. The molecular formula is C12H21NO3. The van der Waals surface area contributed by atoms with Crippen LogP contribution in [0.1, 0.15) is 58.3 Å². The number of carboxylic acids is 1. The van der Waals surface area contributed by atoms with Crippen molar-refractivity contribution in [2.75, 3.05) is 0 Å². The van der Waals surface area contributed by atoms with Gasteiger partial charge in [-0.1, -0.05) is 19.3 Å². The second-order valence-electron chi connectivity index (χ2n) is 4.92. The summed E-state index contributed by atoms with van der Waals surface area (Å²) in [5, 5.41) is 11.5. The van der Waals surface area contributed by atoms with E-state index in [0.717, 1.165) is 12.8 Å². The van der Waals surface area contributed by atoms with E-state index >= 15 is 0 Å². The van der Waals surface area contributed by atoms with Gasteiger partial charge in [-0.15, -0.1) is 0 Å². The molecule has 0 aliphatic heterocycles. The summed E-state index contributed by atoms with van der Waals surface area (Å²) in [6, 6.07) is 0. The molecule has 0 aromatic carbocycles. The molecule has 0 radical (unpaired) electrons. The lowest BCUT2D eigenvalue weighted by atomic mass is 9.83. The topological polar surface area (TPSA) is 66.4 Å². The Balaban J connectivity index is 2.24. The predicted octanol–water partition coefficient (Wildman–Crippen LogP) is 2.08. The molecule has 1 fully saturated rings. The van der Waals surface area contributed by atoms with Gasteiger partial charge in [0.1, 0.15) is 0 Å². The van der Waals surface area contributed by atoms with Gasteiger partial charge in [0, 0.05) is 18.4 Å². The van der Waals surface area contributed by atoms with Crippen molar-refractivity contribution in [3.8, 4) is 0 Å². The van der Waals surface area contributed by atoms with Crippen LogP contribution in [0.4, 0.5) is 0 Å². The maximum atomic E-state index is 11.6. The maximum absolute atomic E-state index is 11.6. The zero-order valence-corrected chi connectivity index (χ0v) is 9.92. The van der Waals surface area contributed by atoms with E-state index in [9.17, 15) is 9.59 Å². The van der Waals surface area contributed by atoms with Crippen LogP contribution in [-0.4, -0.2) is 22.5 Å². The number of carbonyl (C=O) groups is 2. The molecule has 0 atom stereocenters. The molecule has 16 heavy (non-hydrogen) atoms. The van der Waals surface area contributed by atoms with E-state index in [1.807, 2.05) is 0 Å². The summed E-state index contributed by atoms with van der Waals surface area (Å²) in [5.41, 5.74) is -0.0570. The lowest BCUT2D eigenvalue weighted by molar-refractivity contribution is -0.137. The first-order valence-corrected chi connectivity index (χ1v) is 6.05. The van der Waals surface area contributed by atoms with Gasteiger partial charge in [0.15, 0.2) is 0 Å². The maximum Gasteiger partial charge on any atom is 0.303 e. The average Bonchev–Trinajstić information content (AvgIpc) is 2.17. The van der Waals surface area contributed by atoms with Crippen molar-refractivity contribution in [1.82, 2.24) is 5.32 Å². The molecule has 4 nitrogen and oxygen atoms in total. The monoisotopic (exact) mass is 227 g/mol. The molecule has 0 heterocycles. The van der Waals surface area contributed by atoms with Crippen LogP contribution < -0.4 is 5.32 Å². The highest BCUT2D eigenvalue weighted by molar-refractivity contribution is 5.77. The van der Waals surface area contributed by atoms with Crippen molar-refractivity contribution in [3.63, 3.8) is 0 Å². The summed E-state index contributed by atoms with van der Waals surface area (Å²) in [5.74, 6) is -0.845.